The summed E-state index contributed by atoms with van der Waals surface area (Å²) in [6, 6.07) is 7.75. The van der Waals surface area contributed by atoms with Gasteiger partial charge >= 0.3 is 13.8 Å². The molecule has 35 heavy (non-hydrogen) atoms. The molecular weight excluding hydrogens is 463 g/mol. The Labute approximate surface area is 209 Å². The van der Waals surface area contributed by atoms with Crippen molar-refractivity contribution >= 4 is 13.8 Å². The molecule has 0 saturated carbocycles. The average molecular weight is 503 g/mol. The molecule has 2 N–H and O–H groups in total. The van der Waals surface area contributed by atoms with Gasteiger partial charge in [-0.1, -0.05) is 75.2 Å². The second kappa shape index (κ2) is 11.4. The van der Waals surface area contributed by atoms with Gasteiger partial charge in [-0.05, 0) is 38.8 Å². The lowest BCUT2D eigenvalue weighted by Gasteiger charge is -2.25. The Balaban J connectivity index is 0.000000351. The Morgan fingerprint density at radius 3 is 1.54 bits per heavy atom. The second-order valence-electron chi connectivity index (χ2n) is 9.94. The molecule has 0 radical (unpaired) electrons. The van der Waals surface area contributed by atoms with E-state index in [1.54, 1.807) is 13.0 Å². The molecule has 0 saturated heterocycles. The molecule has 0 unspecified atom stereocenters. The van der Waals surface area contributed by atoms with Gasteiger partial charge in [0, 0.05) is 28.9 Å². The Bertz CT molecular complexity index is 1150. The van der Waals surface area contributed by atoms with Crippen molar-refractivity contribution in [3.8, 4) is 11.5 Å². The molecule has 7 heteroatoms. The number of aryl methyl sites for hydroxylation is 4. The Hall–Kier alpha value is -2.66. The third-order valence-electron chi connectivity index (χ3n) is 5.70. The number of phosphoric ester groups is 1. The van der Waals surface area contributed by atoms with E-state index in [0.29, 0.717) is 11.3 Å². The highest BCUT2D eigenvalue weighted by atomic mass is 31.2. The highest BCUT2D eigenvalue weighted by Crippen LogP contribution is 2.44. The van der Waals surface area contributed by atoms with E-state index in [9.17, 15) is 9.36 Å². The topological polar surface area (TPSA) is 93.1 Å². The zero-order valence-corrected chi connectivity index (χ0v) is 23.2. The predicted molar refractivity (Wildman–Crippen MR) is 142 cm³/mol. The zero-order valence-electron chi connectivity index (χ0n) is 22.4. The molecule has 2 aromatic rings. The molecule has 0 bridgehead atoms. The van der Waals surface area contributed by atoms with Crippen LogP contribution >= 0.6 is 7.82 Å². The maximum atomic E-state index is 11.2. The van der Waals surface area contributed by atoms with Crippen molar-refractivity contribution in [3.05, 3.63) is 83.0 Å². The summed E-state index contributed by atoms with van der Waals surface area (Å²) in [6.07, 6.45) is 3.60. The molecule has 0 aromatic heterocycles. The normalized spacial score (nSPS) is 11.7. The number of ether oxygens (including phenoxy) is 1. The van der Waals surface area contributed by atoms with Crippen LogP contribution in [0.1, 0.15) is 68.0 Å². The van der Waals surface area contributed by atoms with Crippen molar-refractivity contribution in [2.24, 2.45) is 0 Å². The van der Waals surface area contributed by atoms with Crippen LogP contribution in [0.2, 0.25) is 0 Å². The van der Waals surface area contributed by atoms with Gasteiger partial charge in [-0.15, -0.1) is 13.2 Å². The van der Waals surface area contributed by atoms with Crippen molar-refractivity contribution in [3.63, 3.8) is 0 Å². The summed E-state index contributed by atoms with van der Waals surface area (Å²) in [5, 5.41) is 0. The van der Waals surface area contributed by atoms with Crippen LogP contribution < -0.4 is 9.26 Å². The number of hydrogen-bond acceptors (Lipinski definition) is 4. The van der Waals surface area contributed by atoms with Crippen LogP contribution in [0.25, 0.3) is 0 Å². The first-order valence-corrected chi connectivity index (χ1v) is 12.8. The minimum Gasteiger partial charge on any atom is -0.426 e. The molecule has 0 aliphatic carbocycles. The molecule has 2 rings (SSSR count). The molecule has 0 heterocycles. The SMILES string of the molecule is C=CC(C)(C)c1cc(C)cc(C)c1OC(C)=O.C=CC(C)(C)c1cc(C)cc(C)c1OP(=O)(O)O. The first-order valence-electron chi connectivity index (χ1n) is 11.3. The first-order chi connectivity index (χ1) is 15.8. The van der Waals surface area contributed by atoms with E-state index in [4.69, 9.17) is 19.0 Å². The van der Waals surface area contributed by atoms with Gasteiger partial charge in [-0.2, -0.15) is 0 Å². The number of phosphoric acid groups is 1. The lowest BCUT2D eigenvalue weighted by Crippen LogP contribution is -2.17. The first kappa shape index (κ1) is 30.4. The summed E-state index contributed by atoms with van der Waals surface area (Å²) in [4.78, 5) is 29.2. The molecule has 0 spiro atoms. The molecule has 6 nitrogen and oxygen atoms in total. The van der Waals surface area contributed by atoms with Gasteiger partial charge in [0.25, 0.3) is 0 Å². The minimum absolute atomic E-state index is 0.221. The number of hydrogen-bond donors (Lipinski definition) is 2. The molecule has 0 amide bonds. The van der Waals surface area contributed by atoms with Crippen LogP contribution in [-0.4, -0.2) is 15.8 Å². The fraction of sp³-hybridized carbons (Fsp3) is 0.393. The minimum atomic E-state index is -4.57. The van der Waals surface area contributed by atoms with Crippen LogP contribution in [0.5, 0.6) is 11.5 Å². The van der Waals surface area contributed by atoms with Gasteiger partial charge in [-0.25, -0.2) is 4.57 Å². The van der Waals surface area contributed by atoms with Gasteiger partial charge in [0.2, 0.25) is 0 Å². The fourth-order valence-electron chi connectivity index (χ4n) is 3.61. The van der Waals surface area contributed by atoms with E-state index in [0.717, 1.165) is 27.8 Å². The molecule has 2 aromatic carbocycles. The Kier molecular flexibility index (Phi) is 9.88. The van der Waals surface area contributed by atoms with E-state index < -0.39 is 13.2 Å². The zero-order chi connectivity index (χ0) is 27.4. The number of carbonyl (C=O) groups is 1. The molecule has 0 aliphatic heterocycles. The maximum Gasteiger partial charge on any atom is 0.524 e. The lowest BCUT2D eigenvalue weighted by molar-refractivity contribution is -0.132. The van der Waals surface area contributed by atoms with Crippen molar-refractivity contribution in [1.82, 2.24) is 0 Å². The maximum absolute atomic E-state index is 11.2. The Morgan fingerprint density at radius 2 is 1.20 bits per heavy atom. The van der Waals surface area contributed by atoms with Gasteiger partial charge in [0.15, 0.2) is 0 Å². The van der Waals surface area contributed by atoms with Crippen molar-refractivity contribution in [2.45, 2.75) is 73.1 Å². The van der Waals surface area contributed by atoms with Gasteiger partial charge in [-0.3, -0.25) is 14.6 Å². The summed E-state index contributed by atoms with van der Waals surface area (Å²) in [5.41, 5.74) is 4.91. The quantitative estimate of drug-likeness (QED) is 0.185. The van der Waals surface area contributed by atoms with Crippen LogP contribution in [0.3, 0.4) is 0 Å². The van der Waals surface area contributed by atoms with E-state index in [-0.39, 0.29) is 17.1 Å². The van der Waals surface area contributed by atoms with E-state index >= 15 is 0 Å². The molecule has 0 atom stereocenters. The smallest absolute Gasteiger partial charge is 0.426 e. The van der Waals surface area contributed by atoms with Crippen LogP contribution in [0, 0.1) is 27.7 Å². The summed E-state index contributed by atoms with van der Waals surface area (Å²) in [5.74, 6) is 0.602. The highest BCUT2D eigenvalue weighted by molar-refractivity contribution is 7.46. The summed E-state index contributed by atoms with van der Waals surface area (Å²) >= 11 is 0. The van der Waals surface area contributed by atoms with Crippen molar-refractivity contribution in [1.29, 1.82) is 0 Å². The molecule has 0 fully saturated rings. The van der Waals surface area contributed by atoms with Crippen LogP contribution in [0.15, 0.2) is 49.6 Å². The van der Waals surface area contributed by atoms with Gasteiger partial charge in [0.1, 0.15) is 11.5 Å². The molecular formula is C28H39O6P. The van der Waals surface area contributed by atoms with E-state index in [1.165, 1.54) is 6.92 Å². The number of esters is 1. The van der Waals surface area contributed by atoms with E-state index in [1.807, 2.05) is 65.0 Å². The number of rotatable bonds is 7. The average Bonchev–Trinajstić information content (AvgIpc) is 2.71. The fourth-order valence-corrected chi connectivity index (χ4v) is 4.09. The standard InChI is InChI=1S/C15H20O2.C13H19O4P/c1-7-15(5,6)13-9-10(2)8-11(3)14(13)17-12(4)16;1-6-13(4,5)11-8-9(2)7-10(3)12(11)17-18(14,15)16/h7-9H,1H2,2-6H3;6-8H,1H2,2-5H3,(H2,14,15,16). The van der Waals surface area contributed by atoms with Gasteiger partial charge in [0.05, 0.1) is 0 Å². The third-order valence-corrected chi connectivity index (χ3v) is 6.12. The number of benzene rings is 2. The largest absolute Gasteiger partial charge is 0.524 e. The van der Waals surface area contributed by atoms with Crippen LogP contribution in [0.4, 0.5) is 0 Å². The Morgan fingerprint density at radius 1 is 0.829 bits per heavy atom. The molecule has 0 aliphatic rings. The van der Waals surface area contributed by atoms with E-state index in [2.05, 4.69) is 27.0 Å². The van der Waals surface area contributed by atoms with Crippen molar-refractivity contribution < 1.29 is 28.4 Å². The predicted octanol–water partition coefficient (Wildman–Crippen LogP) is 6.93. The summed E-state index contributed by atoms with van der Waals surface area (Å²) < 4.78 is 21.2. The summed E-state index contributed by atoms with van der Waals surface area (Å²) in [6.45, 7) is 24.7. The number of allylic oxidation sites excluding steroid dienone is 2. The lowest BCUT2D eigenvalue weighted by atomic mass is 9.82. The molecule has 192 valence electrons. The highest BCUT2D eigenvalue weighted by Gasteiger charge is 2.27. The summed E-state index contributed by atoms with van der Waals surface area (Å²) in [7, 11) is -4.57. The van der Waals surface area contributed by atoms with Crippen LogP contribution in [-0.2, 0) is 20.2 Å². The van der Waals surface area contributed by atoms with Crippen molar-refractivity contribution in [2.75, 3.05) is 0 Å². The third kappa shape index (κ3) is 8.50. The number of carbonyl (C=O) groups excluding carboxylic acids is 1. The monoisotopic (exact) mass is 502 g/mol. The second-order valence-corrected chi connectivity index (χ2v) is 11.1. The van der Waals surface area contributed by atoms with Gasteiger partial charge < -0.3 is 9.26 Å².